The molecule has 3 aliphatic rings. The molecular formula is C15H14ClN3. The third-order valence-corrected chi connectivity index (χ3v) is 4.59. The van der Waals surface area contributed by atoms with E-state index in [-0.39, 0.29) is 11.0 Å². The second kappa shape index (κ2) is 3.56. The maximum Gasteiger partial charge on any atom is 0.135 e. The van der Waals surface area contributed by atoms with E-state index < -0.39 is 0 Å². The summed E-state index contributed by atoms with van der Waals surface area (Å²) < 4.78 is 0. The van der Waals surface area contributed by atoms with Crippen LogP contribution < -0.4 is 5.73 Å². The molecule has 19 heavy (non-hydrogen) atoms. The SMILES string of the molecule is NC12CC(c3nccc(-c4ccc(Cl)cc4)n3)(C1)C2. The first-order chi connectivity index (χ1) is 9.09. The third-order valence-electron chi connectivity index (χ3n) is 4.34. The smallest absolute Gasteiger partial charge is 0.135 e. The van der Waals surface area contributed by atoms with Crippen LogP contribution in [-0.4, -0.2) is 15.5 Å². The van der Waals surface area contributed by atoms with Crippen molar-refractivity contribution in [2.75, 3.05) is 0 Å². The molecule has 3 aliphatic carbocycles. The monoisotopic (exact) mass is 271 g/mol. The Kier molecular flexibility index (Phi) is 2.13. The van der Waals surface area contributed by atoms with Crippen molar-refractivity contribution in [3.8, 4) is 11.3 Å². The molecule has 0 radical (unpaired) electrons. The lowest BCUT2D eigenvalue weighted by Gasteiger charge is -2.67. The van der Waals surface area contributed by atoms with Crippen molar-refractivity contribution in [1.29, 1.82) is 0 Å². The normalized spacial score (nSPS) is 31.5. The Morgan fingerprint density at radius 2 is 1.74 bits per heavy atom. The number of nitrogens with zero attached hydrogens (tertiary/aromatic N) is 2. The average Bonchev–Trinajstić information content (AvgIpc) is 2.35. The lowest BCUT2D eigenvalue weighted by atomic mass is 9.39. The predicted octanol–water partition coefficient (Wildman–Crippen LogP) is 2.93. The van der Waals surface area contributed by atoms with Gasteiger partial charge in [0.25, 0.3) is 0 Å². The van der Waals surface area contributed by atoms with Crippen LogP contribution in [0.5, 0.6) is 0 Å². The molecule has 0 spiro atoms. The van der Waals surface area contributed by atoms with Gasteiger partial charge < -0.3 is 5.73 Å². The Morgan fingerprint density at radius 1 is 1.05 bits per heavy atom. The second-order valence-electron chi connectivity index (χ2n) is 5.95. The highest BCUT2D eigenvalue weighted by molar-refractivity contribution is 6.30. The van der Waals surface area contributed by atoms with Crippen LogP contribution >= 0.6 is 11.6 Å². The summed E-state index contributed by atoms with van der Waals surface area (Å²) in [6.45, 7) is 0. The minimum atomic E-state index is 0.0830. The number of rotatable bonds is 2. The standard InChI is InChI=1S/C15H14ClN3/c16-11-3-1-10(2-4-11)12-5-6-18-13(19-12)14-7-15(17,8-14)9-14/h1-6H,7-9,17H2. The Bertz CT molecular complexity index is 631. The van der Waals surface area contributed by atoms with Gasteiger partial charge in [0.2, 0.25) is 0 Å². The summed E-state index contributed by atoms with van der Waals surface area (Å²) in [5, 5.41) is 0.738. The molecule has 0 atom stereocenters. The van der Waals surface area contributed by atoms with Gasteiger partial charge in [-0.05, 0) is 37.5 Å². The van der Waals surface area contributed by atoms with Gasteiger partial charge in [-0.1, -0.05) is 23.7 Å². The largest absolute Gasteiger partial charge is 0.325 e. The second-order valence-corrected chi connectivity index (χ2v) is 6.38. The summed E-state index contributed by atoms with van der Waals surface area (Å²) in [6, 6.07) is 9.68. The van der Waals surface area contributed by atoms with E-state index in [0.717, 1.165) is 41.4 Å². The molecule has 2 bridgehead atoms. The fourth-order valence-corrected chi connectivity index (χ4v) is 3.63. The first kappa shape index (κ1) is 11.4. The molecule has 0 amide bonds. The molecule has 2 N–H and O–H groups in total. The first-order valence-electron chi connectivity index (χ1n) is 6.47. The maximum atomic E-state index is 6.11. The fraction of sp³-hybridized carbons (Fsp3) is 0.333. The van der Waals surface area contributed by atoms with Gasteiger partial charge in [0.15, 0.2) is 0 Å². The zero-order chi connectivity index (χ0) is 13.1. The molecule has 0 aliphatic heterocycles. The van der Waals surface area contributed by atoms with E-state index in [2.05, 4.69) is 4.98 Å². The zero-order valence-corrected chi connectivity index (χ0v) is 11.2. The molecular weight excluding hydrogens is 258 g/mol. The molecule has 1 aromatic carbocycles. The van der Waals surface area contributed by atoms with Gasteiger partial charge >= 0.3 is 0 Å². The van der Waals surface area contributed by atoms with E-state index >= 15 is 0 Å². The minimum Gasteiger partial charge on any atom is -0.325 e. The predicted molar refractivity (Wildman–Crippen MR) is 74.9 cm³/mol. The Morgan fingerprint density at radius 3 is 2.37 bits per heavy atom. The molecule has 0 unspecified atom stereocenters. The quantitative estimate of drug-likeness (QED) is 0.914. The highest BCUT2D eigenvalue weighted by Gasteiger charge is 2.68. The van der Waals surface area contributed by atoms with Crippen LogP contribution in [0.1, 0.15) is 25.1 Å². The number of hydrogen-bond donors (Lipinski definition) is 1. The summed E-state index contributed by atoms with van der Waals surface area (Å²) in [6.07, 6.45) is 4.94. The van der Waals surface area contributed by atoms with E-state index in [4.69, 9.17) is 22.3 Å². The summed E-state index contributed by atoms with van der Waals surface area (Å²) in [4.78, 5) is 9.18. The van der Waals surface area contributed by atoms with Crippen LogP contribution in [0.25, 0.3) is 11.3 Å². The maximum absolute atomic E-state index is 6.11. The van der Waals surface area contributed by atoms with Crippen LogP contribution in [0, 0.1) is 0 Å². The number of nitrogens with two attached hydrogens (primary N) is 1. The van der Waals surface area contributed by atoms with E-state index in [1.807, 2.05) is 36.5 Å². The van der Waals surface area contributed by atoms with Gasteiger partial charge in [0.05, 0.1) is 5.69 Å². The molecule has 0 saturated heterocycles. The average molecular weight is 272 g/mol. The van der Waals surface area contributed by atoms with E-state index in [1.165, 1.54) is 0 Å². The van der Waals surface area contributed by atoms with E-state index in [9.17, 15) is 0 Å². The fourth-order valence-electron chi connectivity index (χ4n) is 3.50. The minimum absolute atomic E-state index is 0.0830. The van der Waals surface area contributed by atoms with Crippen molar-refractivity contribution in [1.82, 2.24) is 9.97 Å². The Balaban J connectivity index is 1.69. The summed E-state index contributed by atoms with van der Waals surface area (Å²) >= 11 is 5.91. The number of hydrogen-bond acceptors (Lipinski definition) is 3. The van der Waals surface area contributed by atoms with Crippen LogP contribution in [0.2, 0.25) is 5.02 Å². The van der Waals surface area contributed by atoms with Crippen LogP contribution in [0.15, 0.2) is 36.5 Å². The molecule has 5 rings (SSSR count). The number of halogens is 1. The van der Waals surface area contributed by atoms with Crippen molar-refractivity contribution in [3.63, 3.8) is 0 Å². The molecule has 3 saturated carbocycles. The highest BCUT2D eigenvalue weighted by atomic mass is 35.5. The highest BCUT2D eigenvalue weighted by Crippen LogP contribution is 2.65. The van der Waals surface area contributed by atoms with Gasteiger partial charge in [-0.3, -0.25) is 0 Å². The van der Waals surface area contributed by atoms with Gasteiger partial charge in [0, 0.05) is 27.7 Å². The van der Waals surface area contributed by atoms with Gasteiger partial charge in [-0.2, -0.15) is 0 Å². The van der Waals surface area contributed by atoms with Gasteiger partial charge in [0.1, 0.15) is 5.82 Å². The van der Waals surface area contributed by atoms with Crippen molar-refractivity contribution in [2.24, 2.45) is 5.73 Å². The molecule has 4 heteroatoms. The lowest BCUT2D eigenvalue weighted by molar-refractivity contribution is -0.0652. The summed E-state index contributed by atoms with van der Waals surface area (Å²) in [5.41, 5.74) is 8.38. The molecule has 1 heterocycles. The Hall–Kier alpha value is -1.45. The molecule has 3 fully saturated rings. The molecule has 2 aromatic rings. The van der Waals surface area contributed by atoms with E-state index in [1.54, 1.807) is 0 Å². The summed E-state index contributed by atoms with van der Waals surface area (Å²) in [5.74, 6) is 0.951. The topological polar surface area (TPSA) is 51.8 Å². The van der Waals surface area contributed by atoms with Gasteiger partial charge in [-0.15, -0.1) is 0 Å². The van der Waals surface area contributed by atoms with Gasteiger partial charge in [-0.25, -0.2) is 9.97 Å². The Labute approximate surface area is 116 Å². The summed E-state index contributed by atoms with van der Waals surface area (Å²) in [7, 11) is 0. The molecule has 1 aromatic heterocycles. The van der Waals surface area contributed by atoms with Crippen molar-refractivity contribution in [2.45, 2.75) is 30.2 Å². The molecule has 96 valence electrons. The first-order valence-corrected chi connectivity index (χ1v) is 6.85. The zero-order valence-electron chi connectivity index (χ0n) is 10.4. The van der Waals surface area contributed by atoms with Crippen molar-refractivity contribution in [3.05, 3.63) is 47.4 Å². The lowest BCUT2D eigenvalue weighted by Crippen LogP contribution is -2.74. The van der Waals surface area contributed by atoms with Crippen molar-refractivity contribution >= 4 is 11.6 Å². The molecule has 3 nitrogen and oxygen atoms in total. The number of aromatic nitrogens is 2. The van der Waals surface area contributed by atoms with Crippen molar-refractivity contribution < 1.29 is 0 Å². The number of benzene rings is 1. The third kappa shape index (κ3) is 1.62. The van der Waals surface area contributed by atoms with Crippen LogP contribution in [0.3, 0.4) is 0 Å². The van der Waals surface area contributed by atoms with Crippen LogP contribution in [-0.2, 0) is 5.41 Å². The van der Waals surface area contributed by atoms with E-state index in [0.29, 0.717) is 0 Å². The van der Waals surface area contributed by atoms with Crippen LogP contribution in [0.4, 0.5) is 0 Å².